The molecule has 182 valence electrons. The van der Waals surface area contributed by atoms with Gasteiger partial charge in [-0.3, -0.25) is 9.99 Å². The number of aromatic nitrogens is 1. The number of allylic oxidation sites excluding steroid dienone is 4. The number of carbonyl (C=O) groups is 1. The van der Waals surface area contributed by atoms with Gasteiger partial charge < -0.3 is 21.2 Å². The number of carbonyl (C=O) groups excluding carboxylic acids is 1. The number of hydrogen-bond donors (Lipinski definition) is 4. The van der Waals surface area contributed by atoms with Crippen molar-refractivity contribution in [1.29, 1.82) is 0 Å². The molecule has 1 aromatic carbocycles. The summed E-state index contributed by atoms with van der Waals surface area (Å²) in [6, 6.07) is 9.88. The van der Waals surface area contributed by atoms with Crippen molar-refractivity contribution >= 4 is 11.7 Å². The number of hydrazine groups is 1. The van der Waals surface area contributed by atoms with E-state index in [9.17, 15) is 9.18 Å². The zero-order valence-corrected chi connectivity index (χ0v) is 19.7. The van der Waals surface area contributed by atoms with E-state index in [-0.39, 0.29) is 37.0 Å². The Hall–Kier alpha value is -3.65. The molecule has 0 radical (unpaired) electrons. The van der Waals surface area contributed by atoms with Gasteiger partial charge >= 0.3 is 6.03 Å². The van der Waals surface area contributed by atoms with Crippen LogP contribution in [0.2, 0.25) is 0 Å². The predicted molar refractivity (Wildman–Crippen MR) is 132 cm³/mol. The minimum atomic E-state index is -0.295. The number of urea groups is 1. The van der Waals surface area contributed by atoms with E-state index in [0.29, 0.717) is 5.92 Å². The van der Waals surface area contributed by atoms with Crippen LogP contribution in [-0.4, -0.2) is 29.3 Å². The number of aliphatic hydroxyl groups excluding tert-OH is 1. The number of halogens is 1. The van der Waals surface area contributed by atoms with Crippen molar-refractivity contribution in [3.63, 3.8) is 0 Å². The third-order valence-corrected chi connectivity index (χ3v) is 7.10. The van der Waals surface area contributed by atoms with Crippen molar-refractivity contribution in [2.45, 2.75) is 32.2 Å². The largest absolute Gasteiger partial charge is 0.395 e. The lowest BCUT2D eigenvalue weighted by molar-refractivity contribution is 0.228. The van der Waals surface area contributed by atoms with E-state index in [1.165, 1.54) is 28.9 Å². The number of nitrogens with one attached hydrogen (secondary N) is 3. The second-order valence-corrected chi connectivity index (χ2v) is 9.21. The molecule has 0 saturated heterocycles. The van der Waals surface area contributed by atoms with Crippen LogP contribution in [-0.2, 0) is 0 Å². The fourth-order valence-electron chi connectivity index (χ4n) is 5.49. The van der Waals surface area contributed by atoms with Crippen LogP contribution in [0.3, 0.4) is 0 Å². The normalized spacial score (nSPS) is 21.5. The molecule has 2 amide bonds. The van der Waals surface area contributed by atoms with Gasteiger partial charge in [0.05, 0.1) is 24.0 Å². The Bertz CT molecular complexity index is 1180. The molecule has 8 heteroatoms. The maximum atomic E-state index is 13.4. The average Bonchev–Trinajstić information content (AvgIpc) is 3.48. The Morgan fingerprint density at radius 3 is 2.89 bits per heavy atom. The summed E-state index contributed by atoms with van der Waals surface area (Å²) in [6.07, 6.45) is 10.6. The fraction of sp³-hybridized carbons (Fsp3) is 0.333. The second kappa shape index (κ2) is 9.92. The van der Waals surface area contributed by atoms with Gasteiger partial charge in [0.25, 0.3) is 0 Å². The van der Waals surface area contributed by atoms with Gasteiger partial charge in [0, 0.05) is 36.6 Å². The third kappa shape index (κ3) is 4.66. The Balaban J connectivity index is 1.39. The highest BCUT2D eigenvalue weighted by Crippen LogP contribution is 2.49. The molecule has 7 nitrogen and oxygen atoms in total. The van der Waals surface area contributed by atoms with Gasteiger partial charge in [-0.25, -0.2) is 9.18 Å². The maximum absolute atomic E-state index is 13.4. The molecule has 1 aliphatic heterocycles. The van der Waals surface area contributed by atoms with Gasteiger partial charge in [-0.2, -0.15) is 0 Å². The number of rotatable bonds is 7. The lowest BCUT2D eigenvalue weighted by Gasteiger charge is -2.31. The zero-order chi connectivity index (χ0) is 24.4. The number of anilines is 1. The first kappa shape index (κ1) is 23.1. The summed E-state index contributed by atoms with van der Waals surface area (Å²) in [4.78, 5) is 16.7. The smallest absolute Gasteiger partial charge is 0.315 e. The van der Waals surface area contributed by atoms with Crippen molar-refractivity contribution in [3.05, 3.63) is 94.9 Å². The Labute approximate surface area is 204 Å². The molecule has 2 aromatic rings. The van der Waals surface area contributed by atoms with E-state index < -0.39 is 0 Å². The monoisotopic (exact) mass is 475 g/mol. The van der Waals surface area contributed by atoms with E-state index in [1.807, 2.05) is 23.3 Å². The molecule has 4 N–H and O–H groups in total. The minimum Gasteiger partial charge on any atom is -0.395 e. The molecule has 3 aliphatic rings. The van der Waals surface area contributed by atoms with Crippen molar-refractivity contribution < 1.29 is 14.3 Å². The molecule has 5 rings (SSSR count). The Kier molecular flexibility index (Phi) is 6.55. The first-order valence-electron chi connectivity index (χ1n) is 12.1. The van der Waals surface area contributed by atoms with Crippen molar-refractivity contribution in [2.75, 3.05) is 18.2 Å². The Morgan fingerprint density at radius 2 is 2.14 bits per heavy atom. The fourth-order valence-corrected chi connectivity index (χ4v) is 5.49. The topological polar surface area (TPSA) is 89.5 Å². The number of aliphatic hydroxyl groups is 1. The summed E-state index contributed by atoms with van der Waals surface area (Å²) < 4.78 is 13.4. The number of hydrogen-bond acceptors (Lipinski definition) is 5. The van der Waals surface area contributed by atoms with E-state index in [2.05, 4.69) is 34.0 Å². The zero-order valence-electron chi connectivity index (χ0n) is 19.7. The highest BCUT2D eigenvalue weighted by atomic mass is 19.1. The van der Waals surface area contributed by atoms with Gasteiger partial charge in [0.1, 0.15) is 5.82 Å². The van der Waals surface area contributed by atoms with Crippen LogP contribution in [0.5, 0.6) is 0 Å². The molecule has 1 aromatic heterocycles. The average molecular weight is 476 g/mol. The quantitative estimate of drug-likeness (QED) is 0.484. The molecular formula is C27H30FN5O2. The number of nitrogens with zero attached hydrogens (tertiary/aromatic N) is 2. The summed E-state index contributed by atoms with van der Waals surface area (Å²) in [5, 5.41) is 16.8. The highest BCUT2D eigenvalue weighted by Gasteiger charge is 2.39. The van der Waals surface area contributed by atoms with Crippen molar-refractivity contribution in [1.82, 2.24) is 21.0 Å². The Morgan fingerprint density at radius 1 is 1.31 bits per heavy atom. The number of fused-ring (bicyclic) bond motifs is 1. The van der Waals surface area contributed by atoms with E-state index >= 15 is 0 Å². The number of pyridine rings is 1. The van der Waals surface area contributed by atoms with Crippen LogP contribution in [0.4, 0.5) is 14.9 Å². The van der Waals surface area contributed by atoms with Gasteiger partial charge in [-0.15, -0.1) is 0 Å². The molecule has 1 unspecified atom stereocenters. The summed E-state index contributed by atoms with van der Waals surface area (Å²) in [5.74, 6) is 0.299. The molecule has 0 spiro atoms. The van der Waals surface area contributed by atoms with Crippen molar-refractivity contribution in [2.24, 2.45) is 11.8 Å². The maximum Gasteiger partial charge on any atom is 0.315 e. The highest BCUT2D eigenvalue weighted by molar-refractivity contribution is 5.74. The molecule has 0 bridgehead atoms. The van der Waals surface area contributed by atoms with Gasteiger partial charge in [-0.1, -0.05) is 18.6 Å². The van der Waals surface area contributed by atoms with Crippen LogP contribution in [0.1, 0.15) is 37.8 Å². The number of benzene rings is 1. The third-order valence-electron chi connectivity index (χ3n) is 7.10. The van der Waals surface area contributed by atoms with Crippen LogP contribution in [0, 0.1) is 17.7 Å². The molecule has 2 heterocycles. The van der Waals surface area contributed by atoms with Gasteiger partial charge in [0.15, 0.2) is 0 Å². The predicted octanol–water partition coefficient (Wildman–Crippen LogP) is 4.09. The minimum absolute atomic E-state index is 0.103. The summed E-state index contributed by atoms with van der Waals surface area (Å²) in [7, 11) is 0. The number of amides is 2. The molecule has 2 aliphatic carbocycles. The lowest BCUT2D eigenvalue weighted by atomic mass is 9.78. The van der Waals surface area contributed by atoms with Crippen LogP contribution in [0.25, 0.3) is 0 Å². The standard InChI is InChI=1S/C27H30FN5O2/c1-17-23-16-31-33(22-8-6-21(28)7-9-22)25(23)14-19-5-4-18(26(17)19)13-24(20-3-2-10-29-15-20)32-27(35)30-11-12-34/h2-3,6-10,14-18,24,31,34H,4-5,11-13H2,1H3,(H2,30,32,35)/t17-,18+,24?/m0/s1. The van der Waals surface area contributed by atoms with Crippen LogP contribution >= 0.6 is 0 Å². The summed E-state index contributed by atoms with van der Waals surface area (Å²) in [6.45, 7) is 2.34. The lowest BCUT2D eigenvalue weighted by Crippen LogP contribution is -2.40. The molecule has 0 saturated carbocycles. The van der Waals surface area contributed by atoms with Gasteiger partial charge in [0.2, 0.25) is 0 Å². The van der Waals surface area contributed by atoms with Crippen LogP contribution < -0.4 is 21.1 Å². The first-order valence-corrected chi connectivity index (χ1v) is 12.1. The second-order valence-electron chi connectivity index (χ2n) is 9.21. The van der Waals surface area contributed by atoms with Gasteiger partial charge in [-0.05, 0) is 72.7 Å². The van der Waals surface area contributed by atoms with Crippen molar-refractivity contribution in [3.8, 4) is 0 Å². The van der Waals surface area contributed by atoms with E-state index in [0.717, 1.165) is 36.2 Å². The molecular weight excluding hydrogens is 445 g/mol. The molecule has 35 heavy (non-hydrogen) atoms. The summed E-state index contributed by atoms with van der Waals surface area (Å²) in [5.41, 5.74) is 10.3. The van der Waals surface area contributed by atoms with Crippen LogP contribution in [0.15, 0.2) is 83.5 Å². The molecule has 0 fully saturated rings. The molecule has 3 atom stereocenters. The SMILES string of the molecule is C[C@H]1C2=CNN(c3ccc(F)cc3)C2=CC2=C1[C@@H](CC(NC(=O)NCCO)c1cccnc1)CC2. The van der Waals surface area contributed by atoms with E-state index in [1.54, 1.807) is 24.5 Å². The first-order chi connectivity index (χ1) is 17.0. The summed E-state index contributed by atoms with van der Waals surface area (Å²) >= 11 is 0. The van der Waals surface area contributed by atoms with E-state index in [4.69, 9.17) is 5.11 Å².